The number of ketones is 1. The van der Waals surface area contributed by atoms with Crippen molar-refractivity contribution in [2.75, 3.05) is 13.7 Å². The van der Waals surface area contributed by atoms with Crippen molar-refractivity contribution >= 4 is 17.4 Å². The lowest BCUT2D eigenvalue weighted by molar-refractivity contribution is -0.129. The molecule has 2 aromatic carbocycles. The molecule has 0 fully saturated rings. The number of ether oxygens (including phenoxy) is 1. The zero-order chi connectivity index (χ0) is 20.7. The molecule has 0 radical (unpaired) electrons. The molecule has 0 spiro atoms. The minimum Gasteiger partial charge on any atom is -0.497 e. The van der Waals surface area contributed by atoms with Crippen LogP contribution in [0.1, 0.15) is 41.6 Å². The van der Waals surface area contributed by atoms with Crippen LogP contribution in [0, 0.1) is 0 Å². The summed E-state index contributed by atoms with van der Waals surface area (Å²) in [6.07, 6.45) is 6.43. The first-order valence-corrected chi connectivity index (χ1v) is 9.84. The Bertz CT molecular complexity index is 892. The summed E-state index contributed by atoms with van der Waals surface area (Å²) in [5.74, 6) is 0.483. The van der Waals surface area contributed by atoms with Crippen molar-refractivity contribution in [2.45, 2.75) is 32.2 Å². The number of nitrogens with one attached hydrogen (secondary N) is 1. The van der Waals surface area contributed by atoms with E-state index in [1.54, 1.807) is 18.7 Å². The van der Waals surface area contributed by atoms with Crippen LogP contribution in [0.5, 0.6) is 5.75 Å². The minimum atomic E-state index is -0.360. The van der Waals surface area contributed by atoms with Gasteiger partial charge in [-0.1, -0.05) is 12.1 Å². The maximum atomic E-state index is 12.4. The molecule has 29 heavy (non-hydrogen) atoms. The highest BCUT2D eigenvalue weighted by atomic mass is 16.5. The number of para-hydroxylation sites is 1. The second-order valence-electron chi connectivity index (χ2n) is 7.31. The first kappa shape index (κ1) is 20.8. The van der Waals surface area contributed by atoms with E-state index in [4.69, 9.17) is 9.94 Å². The van der Waals surface area contributed by atoms with Crippen LogP contribution in [-0.4, -0.2) is 30.6 Å². The minimum absolute atomic E-state index is 0.0312. The summed E-state index contributed by atoms with van der Waals surface area (Å²) in [4.78, 5) is 23.6. The summed E-state index contributed by atoms with van der Waals surface area (Å²) in [5, 5.41) is 8.62. The first-order chi connectivity index (χ1) is 14.1. The van der Waals surface area contributed by atoms with Gasteiger partial charge in [0.1, 0.15) is 24.2 Å². The van der Waals surface area contributed by atoms with Crippen LogP contribution in [-0.2, 0) is 11.3 Å². The van der Waals surface area contributed by atoms with E-state index in [1.807, 2.05) is 42.6 Å². The summed E-state index contributed by atoms with van der Waals surface area (Å²) < 4.78 is 5.82. The number of benzene rings is 2. The average molecular weight is 395 g/mol. The first-order valence-electron chi connectivity index (χ1n) is 9.84. The predicted octanol–water partition coefficient (Wildman–Crippen LogP) is 3.98. The molecule has 1 atom stereocenters. The van der Waals surface area contributed by atoms with Crippen molar-refractivity contribution in [1.82, 2.24) is 9.96 Å². The van der Waals surface area contributed by atoms with Gasteiger partial charge in [-0.25, -0.2) is 5.48 Å². The molecule has 1 aliphatic heterocycles. The van der Waals surface area contributed by atoms with Crippen LogP contribution < -0.4 is 14.7 Å². The van der Waals surface area contributed by atoms with Crippen LogP contribution >= 0.6 is 0 Å². The van der Waals surface area contributed by atoms with Crippen molar-refractivity contribution in [3.05, 3.63) is 71.9 Å². The van der Waals surface area contributed by atoms with Gasteiger partial charge in [0.2, 0.25) is 5.91 Å². The molecule has 0 aromatic heterocycles. The van der Waals surface area contributed by atoms with Crippen molar-refractivity contribution in [3.63, 3.8) is 0 Å². The number of hydrogen-bond acceptors (Lipinski definition) is 4. The molecule has 0 aliphatic carbocycles. The van der Waals surface area contributed by atoms with Crippen molar-refractivity contribution < 1.29 is 19.5 Å². The van der Waals surface area contributed by atoms with Crippen LogP contribution in [0.3, 0.4) is 0 Å². The quantitative estimate of drug-likeness (QED) is 0.291. The molecule has 2 N–H and O–H groups in total. The SMILES string of the molecule is COc1ccc(C[N+]2(CCCCCC(=O)NO)C=CC(=O)c3ccccc32)cc1. The number of amides is 1. The lowest BCUT2D eigenvalue weighted by Crippen LogP contribution is -2.46. The molecule has 2 aromatic rings. The molecule has 0 saturated carbocycles. The average Bonchev–Trinajstić information content (AvgIpc) is 2.76. The molecular formula is C23H27N2O4+. The number of carbonyl (C=O) groups excluding carboxylic acids is 2. The number of quaternary nitrogens is 1. The predicted molar refractivity (Wildman–Crippen MR) is 112 cm³/mol. The van der Waals surface area contributed by atoms with Crippen LogP contribution in [0.4, 0.5) is 5.69 Å². The van der Waals surface area contributed by atoms with E-state index in [-0.39, 0.29) is 11.7 Å². The Labute approximate surface area is 171 Å². The van der Waals surface area contributed by atoms with Gasteiger partial charge in [-0.15, -0.1) is 0 Å². The molecule has 1 heterocycles. The summed E-state index contributed by atoms with van der Waals surface area (Å²) in [6, 6.07) is 15.8. The Morgan fingerprint density at radius 3 is 2.55 bits per heavy atom. The third-order valence-corrected chi connectivity index (χ3v) is 5.37. The zero-order valence-corrected chi connectivity index (χ0v) is 16.6. The van der Waals surface area contributed by atoms with E-state index >= 15 is 0 Å². The third-order valence-electron chi connectivity index (χ3n) is 5.37. The fourth-order valence-corrected chi connectivity index (χ4v) is 3.83. The highest BCUT2D eigenvalue weighted by molar-refractivity contribution is 6.09. The molecule has 152 valence electrons. The molecule has 0 saturated heterocycles. The maximum Gasteiger partial charge on any atom is 0.243 e. The van der Waals surface area contributed by atoms with Crippen LogP contribution in [0.25, 0.3) is 0 Å². The van der Waals surface area contributed by atoms with Gasteiger partial charge in [0.05, 0.1) is 19.2 Å². The van der Waals surface area contributed by atoms with E-state index in [2.05, 4.69) is 12.1 Å². The highest BCUT2D eigenvalue weighted by Crippen LogP contribution is 2.35. The van der Waals surface area contributed by atoms with Gasteiger partial charge in [-0.3, -0.25) is 19.3 Å². The van der Waals surface area contributed by atoms with Crippen LogP contribution in [0.15, 0.2) is 60.8 Å². The lowest BCUT2D eigenvalue weighted by Gasteiger charge is -2.37. The fraction of sp³-hybridized carbons (Fsp3) is 0.304. The number of hydroxylamine groups is 1. The van der Waals surface area contributed by atoms with Crippen molar-refractivity contribution in [3.8, 4) is 5.75 Å². The van der Waals surface area contributed by atoms with Gasteiger partial charge in [0, 0.05) is 24.1 Å². The fourth-order valence-electron chi connectivity index (χ4n) is 3.83. The second-order valence-corrected chi connectivity index (χ2v) is 7.31. The number of rotatable bonds is 9. The molecular weight excluding hydrogens is 368 g/mol. The van der Waals surface area contributed by atoms with E-state index < -0.39 is 0 Å². The Morgan fingerprint density at radius 1 is 1.07 bits per heavy atom. The van der Waals surface area contributed by atoms with E-state index in [0.717, 1.165) is 48.5 Å². The maximum absolute atomic E-state index is 12.4. The molecule has 6 heteroatoms. The molecule has 1 amide bonds. The number of nitrogens with zero attached hydrogens (tertiary/aromatic N) is 1. The number of unbranched alkanes of at least 4 members (excludes halogenated alkanes) is 2. The van der Waals surface area contributed by atoms with Crippen molar-refractivity contribution in [2.24, 2.45) is 0 Å². The van der Waals surface area contributed by atoms with E-state index in [0.29, 0.717) is 17.3 Å². The van der Waals surface area contributed by atoms with Crippen molar-refractivity contribution in [1.29, 1.82) is 0 Å². The molecule has 1 unspecified atom stereocenters. The Hall–Kier alpha value is -2.96. The Morgan fingerprint density at radius 2 is 1.83 bits per heavy atom. The molecule has 1 aliphatic rings. The number of allylic oxidation sites excluding steroid dienone is 1. The van der Waals surface area contributed by atoms with Gasteiger partial charge >= 0.3 is 0 Å². The smallest absolute Gasteiger partial charge is 0.243 e. The normalized spacial score (nSPS) is 17.7. The van der Waals surface area contributed by atoms with Gasteiger partial charge in [0.15, 0.2) is 5.78 Å². The van der Waals surface area contributed by atoms with E-state index in [9.17, 15) is 9.59 Å². The largest absolute Gasteiger partial charge is 0.497 e. The third kappa shape index (κ3) is 4.91. The molecule has 3 rings (SSSR count). The molecule has 6 nitrogen and oxygen atoms in total. The summed E-state index contributed by atoms with van der Waals surface area (Å²) in [7, 11) is 1.65. The molecule has 0 bridgehead atoms. The second kappa shape index (κ2) is 9.49. The van der Waals surface area contributed by atoms with Gasteiger partial charge in [0.25, 0.3) is 0 Å². The highest BCUT2D eigenvalue weighted by Gasteiger charge is 2.35. The summed E-state index contributed by atoms with van der Waals surface area (Å²) >= 11 is 0. The zero-order valence-electron chi connectivity index (χ0n) is 16.6. The van der Waals surface area contributed by atoms with Gasteiger partial charge in [-0.05, 0) is 49.6 Å². The van der Waals surface area contributed by atoms with Crippen LogP contribution in [0.2, 0.25) is 0 Å². The lowest BCUT2D eigenvalue weighted by atomic mass is 9.99. The number of carbonyl (C=O) groups is 2. The van der Waals surface area contributed by atoms with Gasteiger partial charge in [-0.2, -0.15) is 0 Å². The summed E-state index contributed by atoms with van der Waals surface area (Å²) in [5.41, 5.74) is 4.57. The number of methoxy groups -OCH3 is 1. The number of fused-ring (bicyclic) bond motifs is 1. The van der Waals surface area contributed by atoms with Gasteiger partial charge < -0.3 is 4.74 Å². The topological polar surface area (TPSA) is 75.6 Å². The summed E-state index contributed by atoms with van der Waals surface area (Å²) in [6.45, 7) is 1.54. The standard InChI is InChI=1S/C23H26N2O4/c1-29-19-12-10-18(11-13-19)17-25(15-6-2-3-9-23(27)24-28)16-14-22(26)20-7-4-5-8-21(20)25/h4-5,7-8,10-14,16H,2-3,6,9,15,17H2,1H3,(H-,24,27,28)/p+1. The van der Waals surface area contributed by atoms with E-state index in [1.165, 1.54) is 0 Å². The number of hydrogen-bond donors (Lipinski definition) is 2. The Kier molecular flexibility index (Phi) is 6.80. The Balaban J connectivity index is 1.82. The monoisotopic (exact) mass is 395 g/mol.